The normalized spacial score (nSPS) is 15.7. The third-order valence-electron chi connectivity index (χ3n) is 3.87. The van der Waals surface area contributed by atoms with E-state index in [1.165, 1.54) is 56.7 Å². The molecule has 2 N–H and O–H groups in total. The summed E-state index contributed by atoms with van der Waals surface area (Å²) in [5, 5.41) is 6.54. The molecule has 0 aliphatic heterocycles. The molecule has 1 fully saturated rings. The molecule has 0 atom stereocenters. The third-order valence-corrected chi connectivity index (χ3v) is 4.11. The van der Waals surface area contributed by atoms with Gasteiger partial charge in [-0.15, -0.1) is 12.4 Å². The van der Waals surface area contributed by atoms with Crippen molar-refractivity contribution in [2.45, 2.75) is 44.6 Å². The van der Waals surface area contributed by atoms with Crippen molar-refractivity contribution in [1.82, 2.24) is 10.6 Å². The van der Waals surface area contributed by atoms with Crippen LogP contribution in [0.3, 0.4) is 0 Å². The monoisotopic (exact) mass is 348 g/mol. The van der Waals surface area contributed by atoms with Gasteiger partial charge in [0.25, 0.3) is 5.91 Å². The smallest absolute Gasteiger partial charge is 0.254 e. The first-order valence-corrected chi connectivity index (χ1v) is 8.01. The van der Waals surface area contributed by atoms with Crippen LogP contribution in [-0.4, -0.2) is 25.0 Å². The van der Waals surface area contributed by atoms with Crippen LogP contribution in [0.5, 0.6) is 0 Å². The summed E-state index contributed by atoms with van der Waals surface area (Å²) in [6, 6.07) is 4.54. The Kier molecular flexibility index (Phi) is 8.76. The van der Waals surface area contributed by atoms with E-state index in [0.29, 0.717) is 24.2 Å². The lowest BCUT2D eigenvalue weighted by atomic mass is 10.1. The van der Waals surface area contributed by atoms with Gasteiger partial charge < -0.3 is 10.6 Å². The summed E-state index contributed by atoms with van der Waals surface area (Å²) in [7, 11) is 0. The van der Waals surface area contributed by atoms with Gasteiger partial charge in [-0.25, -0.2) is 4.39 Å². The van der Waals surface area contributed by atoms with E-state index >= 15 is 0 Å². The molecule has 3 nitrogen and oxygen atoms in total. The summed E-state index contributed by atoms with van der Waals surface area (Å²) in [6.07, 6.45) is 7.61. The second-order valence-electron chi connectivity index (χ2n) is 5.52. The van der Waals surface area contributed by atoms with Crippen LogP contribution < -0.4 is 10.6 Å². The molecule has 0 radical (unpaired) electrons. The van der Waals surface area contributed by atoms with Crippen LogP contribution in [0.1, 0.15) is 48.9 Å². The van der Waals surface area contributed by atoms with Crippen molar-refractivity contribution in [2.75, 3.05) is 13.1 Å². The summed E-state index contributed by atoms with van der Waals surface area (Å²) in [6.45, 7) is 1.19. The minimum Gasteiger partial charge on any atom is -0.351 e. The van der Waals surface area contributed by atoms with Gasteiger partial charge in [0, 0.05) is 24.2 Å². The van der Waals surface area contributed by atoms with E-state index < -0.39 is 11.7 Å². The van der Waals surface area contributed by atoms with E-state index in [-0.39, 0.29) is 18.0 Å². The predicted molar refractivity (Wildman–Crippen MR) is 90.5 cm³/mol. The van der Waals surface area contributed by atoms with Gasteiger partial charge in [0.1, 0.15) is 5.82 Å². The standard InChI is InChI=1S/C16H22ClFN2O.ClH/c17-12-7-8-15(18)14(11-12)16(21)20-10-9-19-13-5-3-1-2-4-6-13;/h7-8,11,13,19H,1-6,9-10H2,(H,20,21);1H. The molecule has 0 spiro atoms. The highest BCUT2D eigenvalue weighted by Gasteiger charge is 2.13. The van der Waals surface area contributed by atoms with Gasteiger partial charge in [-0.1, -0.05) is 37.3 Å². The highest BCUT2D eigenvalue weighted by molar-refractivity contribution is 6.30. The Hall–Kier alpha value is -0.840. The molecule has 0 heterocycles. The first kappa shape index (κ1) is 19.2. The Morgan fingerprint density at radius 2 is 1.86 bits per heavy atom. The lowest BCUT2D eigenvalue weighted by molar-refractivity contribution is 0.0949. The van der Waals surface area contributed by atoms with Crippen molar-refractivity contribution >= 4 is 29.9 Å². The number of carbonyl (C=O) groups is 1. The maximum Gasteiger partial charge on any atom is 0.254 e. The third kappa shape index (κ3) is 6.11. The van der Waals surface area contributed by atoms with Gasteiger partial charge in [-0.3, -0.25) is 4.79 Å². The maximum atomic E-state index is 13.5. The fourth-order valence-corrected chi connectivity index (χ4v) is 2.87. The Labute approximate surface area is 142 Å². The summed E-state index contributed by atoms with van der Waals surface area (Å²) >= 11 is 5.78. The largest absolute Gasteiger partial charge is 0.351 e. The summed E-state index contributed by atoms with van der Waals surface area (Å²) in [5.74, 6) is -0.966. The molecule has 1 aliphatic carbocycles. The van der Waals surface area contributed by atoms with Crippen molar-refractivity contribution in [1.29, 1.82) is 0 Å². The van der Waals surface area contributed by atoms with Gasteiger partial charge in [0.2, 0.25) is 0 Å². The maximum absolute atomic E-state index is 13.5. The molecule has 1 aromatic carbocycles. The van der Waals surface area contributed by atoms with E-state index in [1.54, 1.807) is 0 Å². The lowest BCUT2D eigenvalue weighted by Crippen LogP contribution is -2.37. The molecular weight excluding hydrogens is 326 g/mol. The average Bonchev–Trinajstić information content (AvgIpc) is 2.74. The number of rotatable bonds is 5. The molecule has 1 amide bonds. The van der Waals surface area contributed by atoms with Crippen molar-refractivity contribution in [3.05, 3.63) is 34.6 Å². The summed E-state index contributed by atoms with van der Waals surface area (Å²) in [5.41, 5.74) is -0.00281. The van der Waals surface area contributed by atoms with Gasteiger partial charge in [-0.05, 0) is 31.0 Å². The zero-order valence-corrected chi connectivity index (χ0v) is 14.1. The minimum atomic E-state index is -0.548. The second-order valence-corrected chi connectivity index (χ2v) is 5.96. The highest BCUT2D eigenvalue weighted by atomic mass is 35.5. The molecule has 2 rings (SSSR count). The number of nitrogens with one attached hydrogen (secondary N) is 2. The Morgan fingerprint density at radius 1 is 1.18 bits per heavy atom. The molecule has 1 saturated carbocycles. The minimum absolute atomic E-state index is 0. The van der Waals surface area contributed by atoms with Crippen molar-refractivity contribution in [3.63, 3.8) is 0 Å². The van der Waals surface area contributed by atoms with Gasteiger partial charge in [0.15, 0.2) is 0 Å². The molecule has 0 unspecified atom stereocenters. The first-order valence-electron chi connectivity index (χ1n) is 7.63. The van der Waals surface area contributed by atoms with Crippen LogP contribution in [0.15, 0.2) is 18.2 Å². The van der Waals surface area contributed by atoms with Crippen LogP contribution in [0.2, 0.25) is 5.02 Å². The van der Waals surface area contributed by atoms with E-state index in [1.807, 2.05) is 0 Å². The van der Waals surface area contributed by atoms with Crippen molar-refractivity contribution in [2.24, 2.45) is 0 Å². The molecule has 124 valence electrons. The molecule has 0 saturated heterocycles. The van der Waals surface area contributed by atoms with E-state index in [9.17, 15) is 9.18 Å². The SMILES string of the molecule is Cl.O=C(NCCNC1CCCCCC1)c1cc(Cl)ccc1F. The van der Waals surface area contributed by atoms with Gasteiger partial charge in [0.05, 0.1) is 5.56 Å². The fourth-order valence-electron chi connectivity index (χ4n) is 2.70. The number of benzene rings is 1. The quantitative estimate of drug-likeness (QED) is 0.624. The average molecular weight is 349 g/mol. The summed E-state index contributed by atoms with van der Waals surface area (Å²) in [4.78, 5) is 11.9. The highest BCUT2D eigenvalue weighted by Crippen LogP contribution is 2.17. The van der Waals surface area contributed by atoms with E-state index in [4.69, 9.17) is 11.6 Å². The lowest BCUT2D eigenvalue weighted by Gasteiger charge is -2.16. The van der Waals surface area contributed by atoms with Crippen LogP contribution in [0.25, 0.3) is 0 Å². The van der Waals surface area contributed by atoms with Crippen LogP contribution in [-0.2, 0) is 0 Å². The van der Waals surface area contributed by atoms with E-state index in [2.05, 4.69) is 10.6 Å². The van der Waals surface area contributed by atoms with E-state index in [0.717, 1.165) is 0 Å². The van der Waals surface area contributed by atoms with Crippen molar-refractivity contribution in [3.8, 4) is 0 Å². The van der Waals surface area contributed by atoms with Crippen molar-refractivity contribution < 1.29 is 9.18 Å². The van der Waals surface area contributed by atoms with Crippen LogP contribution >= 0.6 is 24.0 Å². The number of halogens is 3. The number of amides is 1. The number of hydrogen-bond acceptors (Lipinski definition) is 2. The second kappa shape index (κ2) is 10.0. The zero-order valence-electron chi connectivity index (χ0n) is 12.5. The zero-order chi connectivity index (χ0) is 15.1. The molecule has 22 heavy (non-hydrogen) atoms. The molecule has 1 aromatic rings. The molecule has 1 aliphatic rings. The Balaban J connectivity index is 0.00000242. The molecular formula is C16H23Cl2FN2O. The molecule has 0 bridgehead atoms. The van der Waals surface area contributed by atoms with Crippen LogP contribution in [0, 0.1) is 5.82 Å². The Morgan fingerprint density at radius 3 is 2.55 bits per heavy atom. The number of carbonyl (C=O) groups excluding carboxylic acids is 1. The predicted octanol–water partition coefficient (Wildman–Crippen LogP) is 3.94. The van der Waals surface area contributed by atoms with Gasteiger partial charge in [-0.2, -0.15) is 0 Å². The van der Waals surface area contributed by atoms with Gasteiger partial charge >= 0.3 is 0 Å². The molecule has 0 aromatic heterocycles. The summed E-state index contributed by atoms with van der Waals surface area (Å²) < 4.78 is 13.5. The fraction of sp³-hybridized carbons (Fsp3) is 0.562. The van der Waals surface area contributed by atoms with Crippen LogP contribution in [0.4, 0.5) is 4.39 Å². The topological polar surface area (TPSA) is 41.1 Å². The Bertz CT molecular complexity index is 477. The first-order chi connectivity index (χ1) is 10.2. The molecule has 6 heteroatoms. The number of hydrogen-bond donors (Lipinski definition) is 2.